The first-order chi connectivity index (χ1) is 9.83. The third-order valence-corrected chi connectivity index (χ3v) is 3.87. The number of alkyl carbamates (subject to hydrolysis) is 1. The average Bonchev–Trinajstić information content (AvgIpc) is 2.36. The van der Waals surface area contributed by atoms with Crippen LogP contribution in [0.3, 0.4) is 0 Å². The Morgan fingerprint density at radius 2 is 2.19 bits per heavy atom. The fourth-order valence-corrected chi connectivity index (χ4v) is 2.92. The third-order valence-electron chi connectivity index (χ3n) is 3.38. The van der Waals surface area contributed by atoms with Crippen LogP contribution in [0.15, 0.2) is 28.7 Å². The normalized spacial score (nSPS) is 22.7. The molecule has 2 unspecified atom stereocenters. The summed E-state index contributed by atoms with van der Waals surface area (Å²) in [7, 11) is 0. The zero-order chi connectivity index (χ0) is 15.5. The van der Waals surface area contributed by atoms with Gasteiger partial charge in [0.15, 0.2) is 0 Å². The van der Waals surface area contributed by atoms with Crippen LogP contribution in [0.5, 0.6) is 0 Å². The molecule has 0 spiro atoms. The van der Waals surface area contributed by atoms with E-state index in [0.717, 1.165) is 23.9 Å². The molecule has 2 rings (SSSR count). The number of halogens is 1. The molecule has 2 atom stereocenters. The van der Waals surface area contributed by atoms with Gasteiger partial charge in [0, 0.05) is 16.6 Å². The van der Waals surface area contributed by atoms with Crippen LogP contribution in [0.1, 0.15) is 45.2 Å². The lowest BCUT2D eigenvalue weighted by Gasteiger charge is -2.32. The Balaban J connectivity index is 1.93. The Morgan fingerprint density at radius 3 is 2.86 bits per heavy atom. The number of benzene rings is 1. The van der Waals surface area contributed by atoms with Crippen molar-refractivity contribution in [2.24, 2.45) is 0 Å². The molecule has 116 valence electrons. The van der Waals surface area contributed by atoms with E-state index in [9.17, 15) is 4.79 Å². The lowest BCUT2D eigenvalue weighted by molar-refractivity contribution is 0.0490. The van der Waals surface area contributed by atoms with E-state index in [1.807, 2.05) is 32.9 Å². The molecule has 0 aliphatic carbocycles. The average molecular weight is 355 g/mol. The largest absolute Gasteiger partial charge is 0.444 e. The number of rotatable bonds is 2. The molecule has 5 heteroatoms. The molecule has 0 aromatic heterocycles. The maximum atomic E-state index is 11.9. The topological polar surface area (TPSA) is 50.4 Å². The predicted octanol–water partition coefficient (Wildman–Crippen LogP) is 3.77. The second-order valence-corrected chi connectivity index (χ2v) is 7.34. The molecule has 1 aromatic carbocycles. The molecule has 0 radical (unpaired) electrons. The molecular formula is C16H23BrN2O2. The number of piperidine rings is 1. The second-order valence-electron chi connectivity index (χ2n) is 6.43. The Bertz CT molecular complexity index is 499. The van der Waals surface area contributed by atoms with Crippen LogP contribution in [0.2, 0.25) is 0 Å². The predicted molar refractivity (Wildman–Crippen MR) is 87.3 cm³/mol. The van der Waals surface area contributed by atoms with E-state index in [4.69, 9.17) is 4.74 Å². The highest BCUT2D eigenvalue weighted by Gasteiger charge is 2.26. The molecule has 1 aliphatic heterocycles. The van der Waals surface area contributed by atoms with E-state index >= 15 is 0 Å². The van der Waals surface area contributed by atoms with Gasteiger partial charge in [0.25, 0.3) is 0 Å². The first-order valence-electron chi connectivity index (χ1n) is 7.32. The van der Waals surface area contributed by atoms with Crippen LogP contribution >= 0.6 is 15.9 Å². The van der Waals surface area contributed by atoms with Gasteiger partial charge in [-0.3, -0.25) is 0 Å². The van der Waals surface area contributed by atoms with Gasteiger partial charge >= 0.3 is 6.09 Å². The van der Waals surface area contributed by atoms with Crippen LogP contribution < -0.4 is 10.6 Å². The van der Waals surface area contributed by atoms with Crippen LogP contribution in [-0.2, 0) is 4.74 Å². The summed E-state index contributed by atoms with van der Waals surface area (Å²) in [6.45, 7) is 6.51. The quantitative estimate of drug-likeness (QED) is 0.849. The molecule has 0 bridgehead atoms. The molecule has 1 aliphatic rings. The van der Waals surface area contributed by atoms with Gasteiger partial charge in [-0.25, -0.2) is 4.79 Å². The summed E-state index contributed by atoms with van der Waals surface area (Å²) in [4.78, 5) is 11.9. The lowest BCUT2D eigenvalue weighted by atomic mass is 9.94. The van der Waals surface area contributed by atoms with Crippen molar-refractivity contribution in [1.29, 1.82) is 0 Å². The van der Waals surface area contributed by atoms with Gasteiger partial charge < -0.3 is 15.4 Å². The van der Waals surface area contributed by atoms with E-state index in [-0.39, 0.29) is 18.2 Å². The van der Waals surface area contributed by atoms with Crippen molar-refractivity contribution in [2.75, 3.05) is 6.54 Å². The van der Waals surface area contributed by atoms with Crippen LogP contribution in [0.25, 0.3) is 0 Å². The standard InChI is InChI=1S/C16H23BrN2O2/c1-16(2,3)21-15(20)19-13-7-8-18-14(10-13)11-5-4-6-12(17)9-11/h4-6,9,13-14,18H,7-8,10H2,1-3H3,(H,19,20). The molecule has 1 aromatic rings. The van der Waals surface area contributed by atoms with Crippen molar-refractivity contribution in [2.45, 2.75) is 51.3 Å². The second kappa shape index (κ2) is 6.79. The summed E-state index contributed by atoms with van der Waals surface area (Å²) in [5.74, 6) is 0. The summed E-state index contributed by atoms with van der Waals surface area (Å²) >= 11 is 3.50. The third kappa shape index (κ3) is 5.32. The van der Waals surface area contributed by atoms with Gasteiger partial charge in [0.1, 0.15) is 5.60 Å². The molecular weight excluding hydrogens is 332 g/mol. The van der Waals surface area contributed by atoms with Crippen molar-refractivity contribution in [3.8, 4) is 0 Å². The highest BCUT2D eigenvalue weighted by molar-refractivity contribution is 9.10. The molecule has 1 amide bonds. The Morgan fingerprint density at radius 1 is 1.43 bits per heavy atom. The monoisotopic (exact) mass is 354 g/mol. The molecule has 0 saturated carbocycles. The minimum Gasteiger partial charge on any atom is -0.444 e. The number of hydrogen-bond acceptors (Lipinski definition) is 3. The summed E-state index contributed by atoms with van der Waals surface area (Å²) in [6, 6.07) is 8.68. The van der Waals surface area contributed by atoms with Crippen LogP contribution in [0.4, 0.5) is 4.79 Å². The Hall–Kier alpha value is -1.07. The van der Waals surface area contributed by atoms with Gasteiger partial charge in [0.05, 0.1) is 0 Å². The van der Waals surface area contributed by atoms with E-state index < -0.39 is 5.60 Å². The maximum Gasteiger partial charge on any atom is 0.407 e. The van der Waals surface area contributed by atoms with Gasteiger partial charge in [-0.2, -0.15) is 0 Å². The smallest absolute Gasteiger partial charge is 0.407 e. The molecule has 1 heterocycles. The minimum absolute atomic E-state index is 0.144. The van der Waals surface area contributed by atoms with E-state index in [2.05, 4.69) is 38.7 Å². The number of nitrogens with one attached hydrogen (secondary N) is 2. The summed E-state index contributed by atoms with van der Waals surface area (Å²) < 4.78 is 6.40. The van der Waals surface area contributed by atoms with Gasteiger partial charge in [-0.05, 0) is 57.9 Å². The van der Waals surface area contributed by atoms with Gasteiger partial charge in [-0.1, -0.05) is 28.1 Å². The maximum absolute atomic E-state index is 11.9. The van der Waals surface area contributed by atoms with E-state index in [1.54, 1.807) is 0 Å². The van der Waals surface area contributed by atoms with Crippen molar-refractivity contribution >= 4 is 22.0 Å². The molecule has 1 fully saturated rings. The fourth-order valence-electron chi connectivity index (χ4n) is 2.50. The van der Waals surface area contributed by atoms with Gasteiger partial charge in [0.2, 0.25) is 0 Å². The molecule has 2 N–H and O–H groups in total. The SMILES string of the molecule is CC(C)(C)OC(=O)NC1CCNC(c2cccc(Br)c2)C1. The van der Waals surface area contributed by atoms with E-state index in [0.29, 0.717) is 0 Å². The van der Waals surface area contributed by atoms with Gasteiger partial charge in [-0.15, -0.1) is 0 Å². The van der Waals surface area contributed by atoms with Crippen molar-refractivity contribution in [3.05, 3.63) is 34.3 Å². The summed E-state index contributed by atoms with van der Waals surface area (Å²) in [5, 5.41) is 6.48. The summed E-state index contributed by atoms with van der Waals surface area (Å²) in [6.07, 6.45) is 1.46. The Kier molecular flexibility index (Phi) is 5.27. The molecule has 1 saturated heterocycles. The minimum atomic E-state index is -0.458. The van der Waals surface area contributed by atoms with Crippen LogP contribution in [-0.4, -0.2) is 24.3 Å². The molecule has 4 nitrogen and oxygen atoms in total. The van der Waals surface area contributed by atoms with Crippen molar-refractivity contribution < 1.29 is 9.53 Å². The lowest BCUT2D eigenvalue weighted by Crippen LogP contribution is -2.45. The number of ether oxygens (including phenoxy) is 1. The molecule has 21 heavy (non-hydrogen) atoms. The zero-order valence-corrected chi connectivity index (χ0v) is 14.4. The van der Waals surface area contributed by atoms with Crippen molar-refractivity contribution in [3.63, 3.8) is 0 Å². The first kappa shape index (κ1) is 16.3. The van der Waals surface area contributed by atoms with E-state index in [1.165, 1.54) is 5.56 Å². The number of hydrogen-bond donors (Lipinski definition) is 2. The summed E-state index contributed by atoms with van der Waals surface area (Å²) in [5.41, 5.74) is 0.779. The fraction of sp³-hybridized carbons (Fsp3) is 0.562. The Labute approximate surface area is 134 Å². The first-order valence-corrected chi connectivity index (χ1v) is 8.11. The highest BCUT2D eigenvalue weighted by Crippen LogP contribution is 2.25. The number of carbonyl (C=O) groups excluding carboxylic acids is 1. The van der Waals surface area contributed by atoms with Crippen molar-refractivity contribution in [1.82, 2.24) is 10.6 Å². The highest BCUT2D eigenvalue weighted by atomic mass is 79.9. The number of amides is 1. The number of carbonyl (C=O) groups is 1. The van der Waals surface area contributed by atoms with Crippen LogP contribution in [0, 0.1) is 0 Å². The zero-order valence-electron chi connectivity index (χ0n) is 12.8.